The maximum atomic E-state index is 12.0. The molecule has 2 heteroatoms. The number of carbonyl (C=O) groups is 1. The van der Waals surface area contributed by atoms with Crippen molar-refractivity contribution in [3.8, 4) is 0 Å². The second-order valence-electron chi connectivity index (χ2n) is 4.89. The summed E-state index contributed by atoms with van der Waals surface area (Å²) < 4.78 is 5.55. The molecule has 0 spiro atoms. The Labute approximate surface area is 99.8 Å². The van der Waals surface area contributed by atoms with E-state index in [1.807, 2.05) is 0 Å². The summed E-state index contributed by atoms with van der Waals surface area (Å²) in [6.45, 7) is 5.21. The number of carbonyl (C=O) groups excluding carboxylic acids is 1. The Hall–Kier alpha value is -0.370. The van der Waals surface area contributed by atoms with Gasteiger partial charge in [0.05, 0.1) is 6.10 Å². The topological polar surface area (TPSA) is 26.3 Å². The van der Waals surface area contributed by atoms with Gasteiger partial charge in [0, 0.05) is 18.9 Å². The van der Waals surface area contributed by atoms with Crippen LogP contribution >= 0.6 is 0 Å². The van der Waals surface area contributed by atoms with Crippen LogP contribution in [0.3, 0.4) is 0 Å². The number of Topliss-reactive ketones (excluding diaryl/α,β-unsaturated/α-hetero) is 1. The predicted octanol–water partition coefficient (Wildman–Crippen LogP) is 3.73. The molecule has 0 bridgehead atoms. The first-order chi connectivity index (χ1) is 7.77. The summed E-state index contributed by atoms with van der Waals surface area (Å²) in [5, 5.41) is 0. The minimum absolute atomic E-state index is 0.307. The highest BCUT2D eigenvalue weighted by molar-refractivity contribution is 5.80. The van der Waals surface area contributed by atoms with E-state index < -0.39 is 0 Å². The lowest BCUT2D eigenvalue weighted by Gasteiger charge is -2.14. The molecule has 0 aromatic carbocycles. The smallest absolute Gasteiger partial charge is 0.136 e. The van der Waals surface area contributed by atoms with Crippen LogP contribution < -0.4 is 0 Å². The summed E-state index contributed by atoms with van der Waals surface area (Å²) in [6.07, 6.45) is 8.83. The maximum Gasteiger partial charge on any atom is 0.136 e. The first-order valence-corrected chi connectivity index (χ1v) is 6.92. The molecule has 1 aliphatic heterocycles. The van der Waals surface area contributed by atoms with E-state index in [4.69, 9.17) is 4.74 Å². The van der Waals surface area contributed by atoms with E-state index in [1.54, 1.807) is 0 Å². The fourth-order valence-corrected chi connectivity index (χ4v) is 2.42. The third-order valence-corrected chi connectivity index (χ3v) is 3.59. The lowest BCUT2D eigenvalue weighted by atomic mass is 9.91. The molecular formula is C14H26O2. The van der Waals surface area contributed by atoms with Gasteiger partial charge in [0.2, 0.25) is 0 Å². The van der Waals surface area contributed by atoms with Gasteiger partial charge in [-0.25, -0.2) is 0 Å². The van der Waals surface area contributed by atoms with Gasteiger partial charge in [0.1, 0.15) is 5.78 Å². The van der Waals surface area contributed by atoms with Crippen molar-refractivity contribution in [2.45, 2.75) is 71.3 Å². The monoisotopic (exact) mass is 226 g/mol. The number of hydrogen-bond acceptors (Lipinski definition) is 2. The molecule has 0 amide bonds. The number of unbranched alkanes of at least 4 members (excludes halogenated alkanes) is 1. The number of hydrogen-bond donors (Lipinski definition) is 0. The van der Waals surface area contributed by atoms with E-state index in [9.17, 15) is 4.79 Å². The molecule has 0 aromatic rings. The van der Waals surface area contributed by atoms with Crippen molar-refractivity contribution in [3.63, 3.8) is 0 Å². The van der Waals surface area contributed by atoms with Crippen molar-refractivity contribution >= 4 is 5.78 Å². The number of rotatable bonds is 8. The maximum absolute atomic E-state index is 12.0. The zero-order valence-corrected chi connectivity index (χ0v) is 10.8. The zero-order chi connectivity index (χ0) is 11.8. The minimum Gasteiger partial charge on any atom is -0.378 e. The van der Waals surface area contributed by atoms with Gasteiger partial charge in [-0.2, -0.15) is 0 Å². The molecule has 0 N–H and O–H groups in total. The number of ketones is 1. The minimum atomic E-state index is 0.307. The lowest BCUT2D eigenvalue weighted by molar-refractivity contribution is -0.123. The van der Waals surface area contributed by atoms with Crippen LogP contribution in [0.5, 0.6) is 0 Å². The lowest BCUT2D eigenvalue weighted by Crippen LogP contribution is -2.16. The van der Waals surface area contributed by atoms with Crippen molar-refractivity contribution in [2.24, 2.45) is 5.92 Å². The van der Waals surface area contributed by atoms with Crippen LogP contribution in [0.2, 0.25) is 0 Å². The van der Waals surface area contributed by atoms with Crippen molar-refractivity contribution < 1.29 is 9.53 Å². The van der Waals surface area contributed by atoms with Crippen LogP contribution in [0.1, 0.15) is 65.2 Å². The highest BCUT2D eigenvalue weighted by atomic mass is 16.5. The van der Waals surface area contributed by atoms with E-state index in [1.165, 1.54) is 19.3 Å². The Morgan fingerprint density at radius 3 is 2.81 bits per heavy atom. The van der Waals surface area contributed by atoms with Crippen LogP contribution in [0.25, 0.3) is 0 Å². The highest BCUT2D eigenvalue weighted by Crippen LogP contribution is 2.21. The molecule has 16 heavy (non-hydrogen) atoms. The third kappa shape index (κ3) is 4.65. The molecule has 1 aliphatic rings. The largest absolute Gasteiger partial charge is 0.378 e. The Morgan fingerprint density at radius 1 is 1.44 bits per heavy atom. The van der Waals surface area contributed by atoms with Gasteiger partial charge in [0.25, 0.3) is 0 Å². The molecule has 0 aromatic heterocycles. The first kappa shape index (κ1) is 13.7. The third-order valence-electron chi connectivity index (χ3n) is 3.59. The van der Waals surface area contributed by atoms with Crippen molar-refractivity contribution in [2.75, 3.05) is 6.61 Å². The van der Waals surface area contributed by atoms with Crippen molar-refractivity contribution in [1.29, 1.82) is 0 Å². The molecule has 1 fully saturated rings. The highest BCUT2D eigenvalue weighted by Gasteiger charge is 2.20. The second-order valence-corrected chi connectivity index (χ2v) is 4.89. The average Bonchev–Trinajstić information content (AvgIpc) is 2.80. The fourth-order valence-electron chi connectivity index (χ4n) is 2.42. The summed E-state index contributed by atoms with van der Waals surface area (Å²) in [6, 6.07) is 0. The average molecular weight is 226 g/mol. The standard InChI is InChI=1S/C14H26O2/c1-3-5-7-12(4-2)14(15)10-9-13-8-6-11-16-13/h12-13H,3-11H2,1-2H3. The zero-order valence-electron chi connectivity index (χ0n) is 10.8. The van der Waals surface area contributed by atoms with Gasteiger partial charge in [0.15, 0.2) is 0 Å². The molecule has 0 saturated carbocycles. The van der Waals surface area contributed by atoms with E-state index in [-0.39, 0.29) is 0 Å². The molecule has 2 nitrogen and oxygen atoms in total. The molecule has 0 radical (unpaired) electrons. The summed E-state index contributed by atoms with van der Waals surface area (Å²) in [4.78, 5) is 12.0. The molecule has 1 heterocycles. The van der Waals surface area contributed by atoms with E-state index in [0.717, 1.165) is 38.7 Å². The molecule has 94 valence electrons. The van der Waals surface area contributed by atoms with Crippen molar-refractivity contribution in [1.82, 2.24) is 0 Å². The summed E-state index contributed by atoms with van der Waals surface area (Å²) in [5.74, 6) is 0.771. The van der Waals surface area contributed by atoms with Crippen molar-refractivity contribution in [3.05, 3.63) is 0 Å². The van der Waals surface area contributed by atoms with Crippen LogP contribution in [-0.4, -0.2) is 18.5 Å². The van der Waals surface area contributed by atoms with Gasteiger partial charge >= 0.3 is 0 Å². The van der Waals surface area contributed by atoms with Gasteiger partial charge in [-0.05, 0) is 32.1 Å². The van der Waals surface area contributed by atoms with E-state index in [0.29, 0.717) is 17.8 Å². The molecule has 0 aliphatic carbocycles. The Morgan fingerprint density at radius 2 is 2.25 bits per heavy atom. The number of ether oxygens (including phenoxy) is 1. The van der Waals surface area contributed by atoms with Gasteiger partial charge < -0.3 is 4.74 Å². The first-order valence-electron chi connectivity index (χ1n) is 6.92. The predicted molar refractivity (Wildman–Crippen MR) is 66.5 cm³/mol. The molecule has 1 rings (SSSR count). The van der Waals surface area contributed by atoms with Crippen LogP contribution in [0, 0.1) is 5.92 Å². The van der Waals surface area contributed by atoms with Crippen LogP contribution in [0.15, 0.2) is 0 Å². The molecule has 2 unspecified atom stereocenters. The molecule has 2 atom stereocenters. The Balaban J connectivity index is 2.19. The van der Waals surface area contributed by atoms with Gasteiger partial charge in [-0.3, -0.25) is 4.79 Å². The van der Waals surface area contributed by atoms with E-state index >= 15 is 0 Å². The van der Waals surface area contributed by atoms with Gasteiger partial charge in [-0.1, -0.05) is 26.7 Å². The summed E-state index contributed by atoms with van der Waals surface area (Å²) >= 11 is 0. The van der Waals surface area contributed by atoms with E-state index in [2.05, 4.69) is 13.8 Å². The molecule has 1 saturated heterocycles. The molecular weight excluding hydrogens is 200 g/mol. The normalized spacial score (nSPS) is 22.2. The SMILES string of the molecule is CCCCC(CC)C(=O)CCC1CCCO1. The summed E-state index contributed by atoms with van der Waals surface area (Å²) in [5.41, 5.74) is 0. The Bertz CT molecular complexity index is 195. The van der Waals surface area contributed by atoms with Crippen LogP contribution in [0.4, 0.5) is 0 Å². The second kappa shape index (κ2) is 7.83. The Kier molecular flexibility index (Phi) is 6.70. The quantitative estimate of drug-likeness (QED) is 0.630. The van der Waals surface area contributed by atoms with Crippen LogP contribution in [-0.2, 0) is 9.53 Å². The summed E-state index contributed by atoms with van der Waals surface area (Å²) in [7, 11) is 0. The fraction of sp³-hybridized carbons (Fsp3) is 0.929. The van der Waals surface area contributed by atoms with Gasteiger partial charge in [-0.15, -0.1) is 0 Å².